The maximum atomic E-state index is 13.5. The molecule has 24 heavy (non-hydrogen) atoms. The first kappa shape index (κ1) is 15.9. The predicted octanol–water partition coefficient (Wildman–Crippen LogP) is 1.61. The van der Waals surface area contributed by atoms with Crippen molar-refractivity contribution < 1.29 is 9.18 Å². The van der Waals surface area contributed by atoms with Crippen molar-refractivity contribution in [2.75, 3.05) is 5.32 Å². The zero-order chi connectivity index (χ0) is 17.3. The molecule has 2 heterocycles. The Morgan fingerprint density at radius 2 is 2.17 bits per heavy atom. The van der Waals surface area contributed by atoms with Crippen LogP contribution in [0.2, 0.25) is 0 Å². The second-order valence-electron chi connectivity index (χ2n) is 5.51. The van der Waals surface area contributed by atoms with E-state index in [2.05, 4.69) is 15.4 Å². The third-order valence-electron chi connectivity index (χ3n) is 3.75. The minimum Gasteiger partial charge on any atom is -0.326 e. The van der Waals surface area contributed by atoms with Gasteiger partial charge in [-0.1, -0.05) is 6.07 Å². The third-order valence-corrected chi connectivity index (χ3v) is 3.75. The zero-order valence-electron chi connectivity index (χ0n) is 13.3. The van der Waals surface area contributed by atoms with Gasteiger partial charge in [0.2, 0.25) is 5.91 Å². The first-order valence-electron chi connectivity index (χ1n) is 7.39. The lowest BCUT2D eigenvalue weighted by Crippen LogP contribution is -2.23. The molecule has 8 heteroatoms. The Morgan fingerprint density at radius 3 is 2.92 bits per heavy atom. The Labute approximate surface area is 136 Å². The number of rotatable bonds is 4. The van der Waals surface area contributed by atoms with E-state index < -0.39 is 0 Å². The van der Waals surface area contributed by atoms with Crippen LogP contribution < -0.4 is 10.9 Å². The SMILES string of the molecule is Cc1ccc(NC(=O)CCn2cnc3c(cnn3C)c2=O)cc1F. The minimum atomic E-state index is -0.379. The number of carbonyl (C=O) groups excluding carboxylic acids is 1. The highest BCUT2D eigenvalue weighted by Gasteiger charge is 2.10. The van der Waals surface area contributed by atoms with E-state index in [0.29, 0.717) is 22.3 Å². The molecule has 0 spiro atoms. The van der Waals surface area contributed by atoms with Crippen LogP contribution in [0.1, 0.15) is 12.0 Å². The van der Waals surface area contributed by atoms with Gasteiger partial charge in [-0.25, -0.2) is 9.37 Å². The first-order valence-corrected chi connectivity index (χ1v) is 7.39. The van der Waals surface area contributed by atoms with Gasteiger partial charge in [0.05, 0.1) is 12.5 Å². The van der Waals surface area contributed by atoms with Crippen LogP contribution in [0, 0.1) is 12.7 Å². The number of aromatic nitrogens is 4. The van der Waals surface area contributed by atoms with Gasteiger partial charge < -0.3 is 5.32 Å². The molecule has 3 aromatic rings. The van der Waals surface area contributed by atoms with Gasteiger partial charge in [-0.15, -0.1) is 0 Å². The number of anilines is 1. The Bertz CT molecular complexity index is 976. The van der Waals surface area contributed by atoms with E-state index in [1.807, 2.05) is 0 Å². The van der Waals surface area contributed by atoms with E-state index in [9.17, 15) is 14.0 Å². The lowest BCUT2D eigenvalue weighted by atomic mass is 10.2. The summed E-state index contributed by atoms with van der Waals surface area (Å²) < 4.78 is 16.3. The summed E-state index contributed by atoms with van der Waals surface area (Å²) >= 11 is 0. The molecule has 0 fully saturated rings. The van der Waals surface area contributed by atoms with Crippen molar-refractivity contribution in [1.29, 1.82) is 0 Å². The highest BCUT2D eigenvalue weighted by atomic mass is 19.1. The van der Waals surface area contributed by atoms with E-state index in [1.165, 1.54) is 27.8 Å². The van der Waals surface area contributed by atoms with Crippen LogP contribution in [0.25, 0.3) is 11.0 Å². The fourth-order valence-corrected chi connectivity index (χ4v) is 2.34. The van der Waals surface area contributed by atoms with Crippen LogP contribution in [0.15, 0.2) is 35.5 Å². The normalized spacial score (nSPS) is 11.0. The van der Waals surface area contributed by atoms with Crippen molar-refractivity contribution >= 4 is 22.6 Å². The Balaban J connectivity index is 1.69. The quantitative estimate of drug-likeness (QED) is 0.788. The van der Waals surface area contributed by atoms with Crippen molar-refractivity contribution in [2.45, 2.75) is 19.9 Å². The molecule has 0 saturated heterocycles. The van der Waals surface area contributed by atoms with Crippen LogP contribution in [0.5, 0.6) is 0 Å². The van der Waals surface area contributed by atoms with E-state index in [1.54, 1.807) is 26.1 Å². The highest BCUT2D eigenvalue weighted by Crippen LogP contribution is 2.13. The Morgan fingerprint density at radius 1 is 1.38 bits per heavy atom. The maximum absolute atomic E-state index is 13.5. The minimum absolute atomic E-state index is 0.0723. The zero-order valence-corrected chi connectivity index (χ0v) is 13.3. The number of benzene rings is 1. The Hall–Kier alpha value is -3.03. The number of hydrogen-bond donors (Lipinski definition) is 1. The monoisotopic (exact) mass is 329 g/mol. The number of nitrogens with zero attached hydrogens (tertiary/aromatic N) is 4. The molecule has 7 nitrogen and oxygen atoms in total. The number of aryl methyl sites for hydroxylation is 3. The molecular formula is C16H16FN5O2. The summed E-state index contributed by atoms with van der Waals surface area (Å²) in [7, 11) is 1.70. The predicted molar refractivity (Wildman–Crippen MR) is 87.2 cm³/mol. The summed E-state index contributed by atoms with van der Waals surface area (Å²) in [6, 6.07) is 4.49. The average Bonchev–Trinajstić information content (AvgIpc) is 2.92. The summed E-state index contributed by atoms with van der Waals surface area (Å²) in [5.41, 5.74) is 1.14. The molecule has 0 radical (unpaired) electrons. The molecule has 0 saturated carbocycles. The van der Waals surface area contributed by atoms with Gasteiger partial charge in [0.1, 0.15) is 11.2 Å². The summed E-state index contributed by atoms with van der Waals surface area (Å²) in [6.07, 6.45) is 2.92. The molecule has 3 rings (SSSR count). The standard InChI is InChI=1S/C16H16FN5O2/c1-10-3-4-11(7-13(10)17)20-14(23)5-6-22-9-18-15-12(16(22)24)8-19-21(15)2/h3-4,7-9H,5-6H2,1-2H3,(H,20,23). The second-order valence-corrected chi connectivity index (χ2v) is 5.51. The second kappa shape index (κ2) is 6.23. The largest absolute Gasteiger partial charge is 0.326 e. The lowest BCUT2D eigenvalue weighted by molar-refractivity contribution is -0.116. The number of halogens is 1. The van der Waals surface area contributed by atoms with E-state index in [-0.39, 0.29) is 30.2 Å². The molecule has 1 N–H and O–H groups in total. The maximum Gasteiger partial charge on any atom is 0.264 e. The van der Waals surface area contributed by atoms with Crippen molar-refractivity contribution in [3.8, 4) is 0 Å². The number of nitrogens with one attached hydrogen (secondary N) is 1. The van der Waals surface area contributed by atoms with Crippen LogP contribution in [-0.2, 0) is 18.4 Å². The molecular weight excluding hydrogens is 313 g/mol. The summed E-state index contributed by atoms with van der Waals surface area (Å²) in [5, 5.41) is 7.00. The molecule has 1 aromatic carbocycles. The van der Waals surface area contributed by atoms with E-state index >= 15 is 0 Å². The van der Waals surface area contributed by atoms with Gasteiger partial charge in [-0.2, -0.15) is 5.10 Å². The van der Waals surface area contributed by atoms with Gasteiger partial charge in [-0.3, -0.25) is 18.8 Å². The van der Waals surface area contributed by atoms with Crippen LogP contribution in [0.3, 0.4) is 0 Å². The molecule has 0 aliphatic heterocycles. The fourth-order valence-electron chi connectivity index (χ4n) is 2.34. The molecule has 0 bridgehead atoms. The topological polar surface area (TPSA) is 81.8 Å². The van der Waals surface area contributed by atoms with Crippen molar-refractivity contribution in [1.82, 2.24) is 19.3 Å². The average molecular weight is 329 g/mol. The van der Waals surface area contributed by atoms with Crippen LogP contribution >= 0.6 is 0 Å². The number of fused-ring (bicyclic) bond motifs is 1. The number of carbonyl (C=O) groups is 1. The molecule has 0 unspecified atom stereocenters. The fraction of sp³-hybridized carbons (Fsp3) is 0.250. The molecule has 0 aliphatic rings. The number of amides is 1. The van der Waals surface area contributed by atoms with E-state index in [4.69, 9.17) is 0 Å². The van der Waals surface area contributed by atoms with Crippen LogP contribution in [0.4, 0.5) is 10.1 Å². The van der Waals surface area contributed by atoms with Crippen molar-refractivity contribution in [3.05, 3.63) is 52.5 Å². The third kappa shape index (κ3) is 3.03. The summed E-state index contributed by atoms with van der Waals surface area (Å²) in [5.74, 6) is -0.688. The van der Waals surface area contributed by atoms with Gasteiger partial charge in [-0.05, 0) is 24.6 Å². The molecule has 2 aromatic heterocycles. The number of hydrogen-bond acceptors (Lipinski definition) is 4. The summed E-state index contributed by atoms with van der Waals surface area (Å²) in [6.45, 7) is 1.83. The molecule has 0 atom stereocenters. The first-order chi connectivity index (χ1) is 11.5. The highest BCUT2D eigenvalue weighted by molar-refractivity contribution is 5.90. The molecule has 124 valence electrons. The lowest BCUT2D eigenvalue weighted by Gasteiger charge is -2.08. The Kier molecular flexibility index (Phi) is 4.11. The van der Waals surface area contributed by atoms with Crippen LogP contribution in [-0.4, -0.2) is 25.2 Å². The molecule has 1 amide bonds. The van der Waals surface area contributed by atoms with Gasteiger partial charge in [0, 0.05) is 25.7 Å². The van der Waals surface area contributed by atoms with Gasteiger partial charge in [0.15, 0.2) is 5.65 Å². The summed E-state index contributed by atoms with van der Waals surface area (Å²) in [4.78, 5) is 28.4. The van der Waals surface area contributed by atoms with Gasteiger partial charge >= 0.3 is 0 Å². The van der Waals surface area contributed by atoms with E-state index in [0.717, 1.165) is 0 Å². The smallest absolute Gasteiger partial charge is 0.264 e. The van der Waals surface area contributed by atoms with Crippen molar-refractivity contribution in [3.63, 3.8) is 0 Å². The van der Waals surface area contributed by atoms with Crippen molar-refractivity contribution in [2.24, 2.45) is 7.05 Å². The molecule has 0 aliphatic carbocycles. The van der Waals surface area contributed by atoms with Gasteiger partial charge in [0.25, 0.3) is 5.56 Å².